The Labute approximate surface area is 141 Å². The van der Waals surface area contributed by atoms with E-state index in [9.17, 15) is 9.18 Å². The molecule has 1 amide bonds. The predicted octanol–water partition coefficient (Wildman–Crippen LogP) is 5.67. The van der Waals surface area contributed by atoms with Crippen molar-refractivity contribution in [2.45, 2.75) is 6.92 Å². The Bertz CT molecular complexity index is 665. The lowest BCUT2D eigenvalue weighted by atomic mass is 10.1. The largest absolute Gasteiger partial charge is 0.320 e. The van der Waals surface area contributed by atoms with Crippen molar-refractivity contribution in [3.8, 4) is 0 Å². The van der Waals surface area contributed by atoms with Gasteiger partial charge in [-0.1, -0.05) is 15.9 Å². The van der Waals surface area contributed by atoms with E-state index in [0.29, 0.717) is 16.8 Å². The van der Waals surface area contributed by atoms with Crippen LogP contribution in [0.3, 0.4) is 0 Å². The molecule has 6 heteroatoms. The lowest BCUT2D eigenvalue weighted by molar-refractivity contribution is 0.102. The molecule has 0 radical (unpaired) electrons. The lowest BCUT2D eigenvalue weighted by Gasteiger charge is -2.11. The third-order valence-electron chi connectivity index (χ3n) is 2.67. The van der Waals surface area contributed by atoms with Crippen molar-refractivity contribution < 1.29 is 9.18 Å². The molecule has 0 aliphatic carbocycles. The highest BCUT2D eigenvalue weighted by atomic mass is 79.9. The van der Waals surface area contributed by atoms with E-state index >= 15 is 0 Å². The van der Waals surface area contributed by atoms with Gasteiger partial charge in [0, 0.05) is 19.0 Å². The van der Waals surface area contributed by atoms with Crippen LogP contribution in [0.25, 0.3) is 0 Å². The standard InChI is InChI=1S/C14H9Br3FNO/c1-7-4-8(2-3-12(7)18)14(20)19-13-10(16)5-9(15)6-11(13)17/h2-6H,1H3,(H,19,20). The number of nitrogens with one attached hydrogen (secondary N) is 1. The molecule has 0 unspecified atom stereocenters. The highest BCUT2D eigenvalue weighted by Crippen LogP contribution is 2.34. The van der Waals surface area contributed by atoms with Crippen molar-refractivity contribution in [1.82, 2.24) is 0 Å². The number of halogens is 4. The molecule has 0 aromatic heterocycles. The Balaban J connectivity index is 2.30. The van der Waals surface area contributed by atoms with Crippen molar-refractivity contribution in [2.75, 3.05) is 5.32 Å². The van der Waals surface area contributed by atoms with E-state index in [1.807, 2.05) is 12.1 Å². The van der Waals surface area contributed by atoms with Gasteiger partial charge in [0.1, 0.15) is 5.82 Å². The number of aryl methyl sites for hydroxylation is 1. The average molecular weight is 466 g/mol. The van der Waals surface area contributed by atoms with Crippen LogP contribution in [0.4, 0.5) is 10.1 Å². The van der Waals surface area contributed by atoms with Crippen molar-refractivity contribution in [2.24, 2.45) is 0 Å². The van der Waals surface area contributed by atoms with Gasteiger partial charge in [0.05, 0.1) is 5.69 Å². The summed E-state index contributed by atoms with van der Waals surface area (Å²) in [6, 6.07) is 7.92. The molecule has 2 rings (SSSR count). The van der Waals surface area contributed by atoms with Gasteiger partial charge >= 0.3 is 0 Å². The van der Waals surface area contributed by atoms with E-state index in [4.69, 9.17) is 0 Å². The fraction of sp³-hybridized carbons (Fsp3) is 0.0714. The summed E-state index contributed by atoms with van der Waals surface area (Å²) < 4.78 is 15.6. The van der Waals surface area contributed by atoms with Gasteiger partial charge in [-0.3, -0.25) is 4.79 Å². The Kier molecular flexibility index (Phi) is 4.99. The zero-order valence-electron chi connectivity index (χ0n) is 10.3. The zero-order valence-corrected chi connectivity index (χ0v) is 15.1. The molecule has 20 heavy (non-hydrogen) atoms. The van der Waals surface area contributed by atoms with E-state index in [1.54, 1.807) is 6.92 Å². The maximum absolute atomic E-state index is 13.2. The predicted molar refractivity (Wildman–Crippen MR) is 88.6 cm³/mol. The molecule has 104 valence electrons. The van der Waals surface area contributed by atoms with Gasteiger partial charge in [-0.2, -0.15) is 0 Å². The van der Waals surface area contributed by atoms with E-state index in [2.05, 4.69) is 53.1 Å². The summed E-state index contributed by atoms with van der Waals surface area (Å²) in [4.78, 5) is 12.2. The van der Waals surface area contributed by atoms with Crippen molar-refractivity contribution >= 4 is 59.4 Å². The molecular weight excluding hydrogens is 457 g/mol. The van der Waals surface area contributed by atoms with Crippen molar-refractivity contribution in [3.63, 3.8) is 0 Å². The molecule has 1 N–H and O–H groups in total. The third-order valence-corrected chi connectivity index (χ3v) is 4.37. The average Bonchev–Trinajstić information content (AvgIpc) is 2.36. The second-order valence-corrected chi connectivity index (χ2v) is 6.79. The molecule has 0 spiro atoms. The molecule has 2 aromatic rings. The minimum absolute atomic E-state index is 0.295. The molecule has 2 nitrogen and oxygen atoms in total. The number of hydrogen-bond acceptors (Lipinski definition) is 1. The maximum atomic E-state index is 13.2. The van der Waals surface area contributed by atoms with Crippen LogP contribution in [0.1, 0.15) is 15.9 Å². The van der Waals surface area contributed by atoms with Crippen LogP contribution in [-0.2, 0) is 0 Å². The van der Waals surface area contributed by atoms with E-state index < -0.39 is 0 Å². The second-order valence-electron chi connectivity index (χ2n) is 4.16. The summed E-state index contributed by atoms with van der Waals surface area (Å²) in [5.74, 6) is -0.621. The normalized spacial score (nSPS) is 10.4. The number of carbonyl (C=O) groups excluding carboxylic acids is 1. The van der Waals surface area contributed by atoms with Gasteiger partial charge in [0.2, 0.25) is 0 Å². The molecule has 0 bridgehead atoms. The Hall–Kier alpha value is -0.720. The van der Waals surface area contributed by atoms with Gasteiger partial charge in [-0.15, -0.1) is 0 Å². The number of amides is 1. The van der Waals surface area contributed by atoms with E-state index in [1.165, 1.54) is 18.2 Å². The molecule has 0 aliphatic heterocycles. The van der Waals surface area contributed by atoms with Crippen LogP contribution in [-0.4, -0.2) is 5.91 Å². The highest BCUT2D eigenvalue weighted by Gasteiger charge is 2.13. The summed E-state index contributed by atoms with van der Waals surface area (Å²) in [7, 11) is 0. The quantitative estimate of drug-likeness (QED) is 0.608. The summed E-state index contributed by atoms with van der Waals surface area (Å²) >= 11 is 10.1. The zero-order chi connectivity index (χ0) is 14.9. The second kappa shape index (κ2) is 6.37. The van der Waals surface area contributed by atoms with Crippen LogP contribution in [0, 0.1) is 12.7 Å². The Morgan fingerprint density at radius 2 is 1.70 bits per heavy atom. The van der Waals surface area contributed by atoms with Crippen LogP contribution in [0.2, 0.25) is 0 Å². The summed E-state index contributed by atoms with van der Waals surface area (Å²) in [6.07, 6.45) is 0. The highest BCUT2D eigenvalue weighted by molar-refractivity contribution is 9.11. The Morgan fingerprint density at radius 1 is 1.10 bits per heavy atom. The van der Waals surface area contributed by atoms with Gasteiger partial charge < -0.3 is 5.32 Å². The molecule has 0 aliphatic rings. The first kappa shape index (κ1) is 15.7. The molecule has 0 atom stereocenters. The third kappa shape index (κ3) is 3.48. The molecule has 0 saturated heterocycles. The monoisotopic (exact) mass is 463 g/mol. The number of rotatable bonds is 2. The van der Waals surface area contributed by atoms with Crippen molar-refractivity contribution in [1.29, 1.82) is 0 Å². The smallest absolute Gasteiger partial charge is 0.255 e. The van der Waals surface area contributed by atoms with E-state index in [-0.39, 0.29) is 11.7 Å². The molecule has 2 aromatic carbocycles. The lowest BCUT2D eigenvalue weighted by Crippen LogP contribution is -2.13. The minimum atomic E-state index is -0.326. The first-order valence-corrected chi connectivity index (χ1v) is 7.98. The fourth-order valence-electron chi connectivity index (χ4n) is 1.63. The maximum Gasteiger partial charge on any atom is 0.255 e. The number of carbonyl (C=O) groups is 1. The minimum Gasteiger partial charge on any atom is -0.320 e. The summed E-state index contributed by atoms with van der Waals surface area (Å²) in [5, 5.41) is 2.79. The van der Waals surface area contributed by atoms with Crippen LogP contribution in [0.5, 0.6) is 0 Å². The van der Waals surface area contributed by atoms with Gasteiger partial charge in [-0.05, 0) is 74.7 Å². The number of benzene rings is 2. The molecule has 0 saturated carbocycles. The SMILES string of the molecule is Cc1cc(C(=O)Nc2c(Br)cc(Br)cc2Br)ccc1F. The van der Waals surface area contributed by atoms with Crippen LogP contribution in [0.15, 0.2) is 43.7 Å². The summed E-state index contributed by atoms with van der Waals surface area (Å²) in [6.45, 7) is 1.62. The summed E-state index contributed by atoms with van der Waals surface area (Å²) in [5.41, 5.74) is 1.47. The molecular formula is C14H9Br3FNO. The van der Waals surface area contributed by atoms with Gasteiger partial charge in [-0.25, -0.2) is 4.39 Å². The van der Waals surface area contributed by atoms with Gasteiger partial charge in [0.25, 0.3) is 5.91 Å². The fourth-order valence-corrected chi connectivity index (χ4v) is 4.09. The van der Waals surface area contributed by atoms with E-state index in [0.717, 1.165) is 13.4 Å². The van der Waals surface area contributed by atoms with Gasteiger partial charge in [0.15, 0.2) is 0 Å². The molecule has 0 fully saturated rings. The van der Waals surface area contributed by atoms with Crippen LogP contribution < -0.4 is 5.32 Å². The van der Waals surface area contributed by atoms with Crippen molar-refractivity contribution in [3.05, 3.63) is 60.7 Å². The Morgan fingerprint density at radius 3 is 2.25 bits per heavy atom. The first-order valence-electron chi connectivity index (χ1n) is 5.60. The van der Waals surface area contributed by atoms with Crippen LogP contribution >= 0.6 is 47.8 Å². The number of anilines is 1. The number of hydrogen-bond donors (Lipinski definition) is 1. The molecule has 0 heterocycles. The topological polar surface area (TPSA) is 29.1 Å². The first-order chi connectivity index (χ1) is 9.38.